The zero-order chi connectivity index (χ0) is 22.4. The number of fused-ring (bicyclic) bond motifs is 1. The molecule has 1 aliphatic rings. The SMILES string of the molecule is CC[C@@H]1[C@H](C(=O)Nc2cc3cc(-c4cnccc4C)c(F)cc3cn2)[C@H]1c1cnn(C)c1. The Kier molecular flexibility index (Phi) is 4.96. The predicted octanol–water partition coefficient (Wildman–Crippen LogP) is 4.86. The van der Waals surface area contributed by atoms with Crippen LogP contribution >= 0.6 is 0 Å². The quantitative estimate of drug-likeness (QED) is 0.492. The summed E-state index contributed by atoms with van der Waals surface area (Å²) in [6.45, 7) is 4.03. The van der Waals surface area contributed by atoms with E-state index >= 15 is 0 Å². The van der Waals surface area contributed by atoms with Crippen LogP contribution in [0, 0.1) is 24.6 Å². The van der Waals surface area contributed by atoms with Gasteiger partial charge in [0.2, 0.25) is 5.91 Å². The summed E-state index contributed by atoms with van der Waals surface area (Å²) >= 11 is 0. The third-order valence-corrected chi connectivity index (χ3v) is 6.44. The number of carbonyl (C=O) groups excluding carboxylic acids is 1. The van der Waals surface area contributed by atoms with Crippen LogP contribution in [-0.2, 0) is 11.8 Å². The topological polar surface area (TPSA) is 72.7 Å². The van der Waals surface area contributed by atoms with E-state index in [-0.39, 0.29) is 23.6 Å². The molecule has 0 radical (unpaired) electrons. The van der Waals surface area contributed by atoms with E-state index in [0.29, 0.717) is 22.7 Å². The molecule has 5 rings (SSSR count). The van der Waals surface area contributed by atoms with Gasteiger partial charge >= 0.3 is 0 Å². The van der Waals surface area contributed by atoms with Crippen molar-refractivity contribution in [2.24, 2.45) is 18.9 Å². The molecule has 162 valence electrons. The molecule has 1 amide bonds. The number of amides is 1. The van der Waals surface area contributed by atoms with E-state index in [4.69, 9.17) is 0 Å². The van der Waals surface area contributed by atoms with Crippen molar-refractivity contribution >= 4 is 22.5 Å². The van der Waals surface area contributed by atoms with E-state index in [2.05, 4.69) is 27.3 Å². The van der Waals surface area contributed by atoms with Gasteiger partial charge in [-0.3, -0.25) is 14.5 Å². The van der Waals surface area contributed by atoms with Gasteiger partial charge in [0.15, 0.2) is 0 Å². The lowest BCUT2D eigenvalue weighted by atomic mass is 9.99. The van der Waals surface area contributed by atoms with Crippen molar-refractivity contribution in [3.63, 3.8) is 0 Å². The van der Waals surface area contributed by atoms with E-state index in [1.165, 1.54) is 6.07 Å². The molecule has 0 bridgehead atoms. The van der Waals surface area contributed by atoms with Crippen LogP contribution in [0.15, 0.2) is 55.2 Å². The minimum atomic E-state index is -0.324. The first-order chi connectivity index (χ1) is 15.5. The molecule has 0 saturated heterocycles. The molecule has 3 aromatic heterocycles. The Morgan fingerprint density at radius 3 is 2.72 bits per heavy atom. The second-order valence-corrected chi connectivity index (χ2v) is 8.50. The summed E-state index contributed by atoms with van der Waals surface area (Å²) < 4.78 is 16.5. The molecule has 6 nitrogen and oxygen atoms in total. The molecule has 0 aliphatic heterocycles. The van der Waals surface area contributed by atoms with Crippen LogP contribution in [0.4, 0.5) is 10.2 Å². The van der Waals surface area contributed by atoms with Gasteiger partial charge in [0, 0.05) is 60.2 Å². The molecule has 1 N–H and O–H groups in total. The Labute approximate surface area is 185 Å². The van der Waals surface area contributed by atoms with E-state index in [1.54, 1.807) is 35.4 Å². The lowest BCUT2D eigenvalue weighted by Crippen LogP contribution is -2.16. The predicted molar refractivity (Wildman–Crippen MR) is 122 cm³/mol. The summed E-state index contributed by atoms with van der Waals surface area (Å²) in [6, 6.07) is 6.92. The fraction of sp³-hybridized carbons (Fsp3) is 0.280. The van der Waals surface area contributed by atoms with Crippen LogP contribution in [0.2, 0.25) is 0 Å². The number of nitrogens with zero attached hydrogens (tertiary/aromatic N) is 4. The minimum Gasteiger partial charge on any atom is -0.310 e. The monoisotopic (exact) mass is 429 g/mol. The molecule has 1 aliphatic carbocycles. The standard InChI is InChI=1S/C25H24FN5O/c1-4-18-23(17-11-29-31(3)13-17)24(18)25(32)30-22-9-15-7-19(20-12-27-6-5-14(20)2)21(26)8-16(15)10-28-22/h5-13,18,23-24H,4H2,1-3H3,(H,28,30,32)/t18-,23-,24-/m0/s1. The molecule has 1 aromatic carbocycles. The summed E-state index contributed by atoms with van der Waals surface area (Å²) in [5.74, 6) is 0.494. The molecule has 1 fully saturated rings. The van der Waals surface area contributed by atoms with Gasteiger partial charge in [-0.2, -0.15) is 5.10 Å². The number of halogens is 1. The number of benzene rings is 1. The van der Waals surface area contributed by atoms with E-state index < -0.39 is 0 Å². The first-order valence-corrected chi connectivity index (χ1v) is 10.8. The normalized spacial score (nSPS) is 19.8. The fourth-order valence-electron chi connectivity index (χ4n) is 4.70. The Morgan fingerprint density at radius 2 is 2.00 bits per heavy atom. The molecule has 3 atom stereocenters. The van der Waals surface area contributed by atoms with Crippen LogP contribution in [0.3, 0.4) is 0 Å². The van der Waals surface area contributed by atoms with Gasteiger partial charge in [0.1, 0.15) is 11.6 Å². The van der Waals surface area contributed by atoms with Crippen molar-refractivity contribution in [3.8, 4) is 11.1 Å². The number of aryl methyl sites for hydroxylation is 2. The van der Waals surface area contributed by atoms with Crippen LogP contribution in [0.5, 0.6) is 0 Å². The van der Waals surface area contributed by atoms with Gasteiger partial charge in [0.25, 0.3) is 0 Å². The van der Waals surface area contributed by atoms with Crippen molar-refractivity contribution in [3.05, 3.63) is 72.2 Å². The average Bonchev–Trinajstić information content (AvgIpc) is 3.37. The van der Waals surface area contributed by atoms with E-state index in [0.717, 1.165) is 28.5 Å². The molecule has 4 aromatic rings. The molecule has 1 saturated carbocycles. The van der Waals surface area contributed by atoms with Crippen molar-refractivity contribution in [1.29, 1.82) is 0 Å². The number of hydrogen-bond donors (Lipinski definition) is 1. The highest BCUT2D eigenvalue weighted by Crippen LogP contribution is 2.56. The maximum Gasteiger partial charge on any atom is 0.229 e. The summed E-state index contributed by atoms with van der Waals surface area (Å²) in [5.41, 5.74) is 3.27. The van der Waals surface area contributed by atoms with Gasteiger partial charge in [0.05, 0.1) is 6.20 Å². The zero-order valence-electron chi connectivity index (χ0n) is 18.2. The highest BCUT2D eigenvalue weighted by atomic mass is 19.1. The number of aromatic nitrogens is 4. The number of anilines is 1. The molecule has 0 spiro atoms. The number of pyridine rings is 2. The van der Waals surface area contributed by atoms with E-state index in [1.807, 2.05) is 32.4 Å². The molecular formula is C25H24FN5O. The number of rotatable bonds is 5. The summed E-state index contributed by atoms with van der Waals surface area (Å²) in [7, 11) is 1.88. The summed E-state index contributed by atoms with van der Waals surface area (Å²) in [4.78, 5) is 21.5. The van der Waals surface area contributed by atoms with Gasteiger partial charge in [-0.15, -0.1) is 0 Å². The van der Waals surface area contributed by atoms with Crippen molar-refractivity contribution in [2.45, 2.75) is 26.2 Å². The first-order valence-electron chi connectivity index (χ1n) is 10.8. The third kappa shape index (κ3) is 3.53. The Bertz CT molecular complexity index is 1330. The lowest BCUT2D eigenvalue weighted by Gasteiger charge is -2.10. The Balaban J connectivity index is 1.42. The minimum absolute atomic E-state index is 0.0389. The van der Waals surface area contributed by atoms with Crippen molar-refractivity contribution < 1.29 is 9.18 Å². The fourth-order valence-corrected chi connectivity index (χ4v) is 4.70. The summed E-state index contributed by atoms with van der Waals surface area (Å²) in [5, 5.41) is 8.70. The summed E-state index contributed by atoms with van der Waals surface area (Å²) in [6.07, 6.45) is 9.69. The van der Waals surface area contributed by atoms with Gasteiger partial charge < -0.3 is 5.32 Å². The van der Waals surface area contributed by atoms with Crippen LogP contribution in [-0.4, -0.2) is 25.7 Å². The Hall–Kier alpha value is -3.61. The van der Waals surface area contributed by atoms with Crippen LogP contribution in [0.25, 0.3) is 21.9 Å². The second-order valence-electron chi connectivity index (χ2n) is 8.50. The highest BCUT2D eigenvalue weighted by Gasteiger charge is 2.54. The highest BCUT2D eigenvalue weighted by molar-refractivity contribution is 5.97. The maximum absolute atomic E-state index is 14.8. The van der Waals surface area contributed by atoms with Crippen molar-refractivity contribution in [2.75, 3.05) is 5.32 Å². The van der Waals surface area contributed by atoms with Gasteiger partial charge in [-0.05, 0) is 53.6 Å². The largest absolute Gasteiger partial charge is 0.310 e. The second kappa shape index (κ2) is 7.82. The van der Waals surface area contributed by atoms with Gasteiger partial charge in [-0.25, -0.2) is 9.37 Å². The number of nitrogens with one attached hydrogen (secondary N) is 1. The van der Waals surface area contributed by atoms with Crippen LogP contribution < -0.4 is 5.32 Å². The lowest BCUT2D eigenvalue weighted by molar-refractivity contribution is -0.117. The zero-order valence-corrected chi connectivity index (χ0v) is 18.2. The van der Waals surface area contributed by atoms with E-state index in [9.17, 15) is 9.18 Å². The number of carbonyl (C=O) groups is 1. The molecule has 0 unspecified atom stereocenters. The van der Waals surface area contributed by atoms with Gasteiger partial charge in [-0.1, -0.05) is 13.3 Å². The molecule has 32 heavy (non-hydrogen) atoms. The smallest absolute Gasteiger partial charge is 0.229 e. The molecular weight excluding hydrogens is 405 g/mol. The molecule has 7 heteroatoms. The van der Waals surface area contributed by atoms with Crippen molar-refractivity contribution in [1.82, 2.24) is 19.7 Å². The third-order valence-electron chi connectivity index (χ3n) is 6.44. The first kappa shape index (κ1) is 20.3. The van der Waals surface area contributed by atoms with Crippen LogP contribution in [0.1, 0.15) is 30.4 Å². The average molecular weight is 429 g/mol. The maximum atomic E-state index is 14.8. The Morgan fingerprint density at radius 1 is 1.16 bits per heavy atom. The number of hydrogen-bond acceptors (Lipinski definition) is 4. The molecule has 3 heterocycles.